The SMILES string of the molecule is NC(=O)CCNC(=O)CN1CCOCC1=O.[HH].[HH]. The number of morpholine rings is 1. The first-order valence-electron chi connectivity index (χ1n) is 5.00. The van der Waals surface area contributed by atoms with Crippen LogP contribution in [0.5, 0.6) is 0 Å². The van der Waals surface area contributed by atoms with Crippen LogP contribution in [0.15, 0.2) is 0 Å². The van der Waals surface area contributed by atoms with Crippen LogP contribution < -0.4 is 11.1 Å². The van der Waals surface area contributed by atoms with Gasteiger partial charge in [0.1, 0.15) is 6.61 Å². The van der Waals surface area contributed by atoms with Gasteiger partial charge in [-0.15, -0.1) is 0 Å². The van der Waals surface area contributed by atoms with E-state index < -0.39 is 5.91 Å². The lowest BCUT2D eigenvalue weighted by Crippen LogP contribution is -2.47. The lowest BCUT2D eigenvalue weighted by Gasteiger charge is -2.25. The molecule has 0 bridgehead atoms. The lowest BCUT2D eigenvalue weighted by atomic mass is 10.3. The first-order chi connectivity index (χ1) is 7.59. The molecule has 1 saturated heterocycles. The third-order valence-corrected chi connectivity index (χ3v) is 2.11. The molecule has 7 nitrogen and oxygen atoms in total. The van der Waals surface area contributed by atoms with E-state index in [1.165, 1.54) is 4.90 Å². The molecular weight excluding hydrogens is 214 g/mol. The Hall–Kier alpha value is -1.63. The van der Waals surface area contributed by atoms with Gasteiger partial charge in [-0.3, -0.25) is 14.4 Å². The Morgan fingerprint density at radius 3 is 2.94 bits per heavy atom. The molecule has 1 rings (SSSR count). The van der Waals surface area contributed by atoms with Gasteiger partial charge in [0.15, 0.2) is 0 Å². The van der Waals surface area contributed by atoms with Crippen LogP contribution in [0.4, 0.5) is 0 Å². The molecular formula is C9H19N3O4. The highest BCUT2D eigenvalue weighted by Gasteiger charge is 2.20. The largest absolute Gasteiger partial charge is 0.370 e. The Kier molecular flexibility index (Phi) is 4.71. The van der Waals surface area contributed by atoms with Crippen molar-refractivity contribution >= 4 is 17.7 Å². The highest BCUT2D eigenvalue weighted by molar-refractivity contribution is 5.85. The van der Waals surface area contributed by atoms with E-state index in [2.05, 4.69) is 5.32 Å². The van der Waals surface area contributed by atoms with E-state index in [0.29, 0.717) is 13.2 Å². The maximum Gasteiger partial charge on any atom is 0.249 e. The van der Waals surface area contributed by atoms with E-state index in [4.69, 9.17) is 10.5 Å². The number of carbonyl (C=O) groups excluding carboxylic acids is 3. The minimum atomic E-state index is -0.470. The molecule has 0 spiro atoms. The van der Waals surface area contributed by atoms with Gasteiger partial charge in [0.05, 0.1) is 13.2 Å². The number of amides is 3. The fourth-order valence-electron chi connectivity index (χ4n) is 1.27. The molecule has 0 aromatic heterocycles. The minimum absolute atomic E-state index is 0. The summed E-state index contributed by atoms with van der Waals surface area (Å²) in [4.78, 5) is 34.4. The molecule has 0 aromatic rings. The number of hydrogen-bond acceptors (Lipinski definition) is 4. The van der Waals surface area contributed by atoms with Crippen molar-refractivity contribution in [1.29, 1.82) is 0 Å². The average molecular weight is 233 g/mol. The predicted octanol–water partition coefficient (Wildman–Crippen LogP) is -1.67. The molecule has 3 N–H and O–H groups in total. The van der Waals surface area contributed by atoms with E-state index in [0.717, 1.165) is 0 Å². The van der Waals surface area contributed by atoms with Gasteiger partial charge in [0, 0.05) is 22.4 Å². The van der Waals surface area contributed by atoms with Crippen LogP contribution in [-0.2, 0) is 19.1 Å². The monoisotopic (exact) mass is 233 g/mol. The standard InChI is InChI=1S/C9H15N3O4.2H2/c10-7(13)1-2-11-8(14)5-12-3-4-16-6-9(12)15;;/h1-6H2,(H2,10,13)(H,11,14);2*1H. The van der Waals surface area contributed by atoms with Crippen molar-refractivity contribution in [3.8, 4) is 0 Å². The minimum Gasteiger partial charge on any atom is -0.370 e. The van der Waals surface area contributed by atoms with Crippen LogP contribution in [0.1, 0.15) is 9.27 Å². The molecule has 0 aliphatic carbocycles. The Morgan fingerprint density at radius 1 is 1.56 bits per heavy atom. The zero-order chi connectivity index (χ0) is 12.0. The zero-order valence-corrected chi connectivity index (χ0v) is 8.90. The maximum absolute atomic E-state index is 11.3. The number of nitrogens with one attached hydrogen (secondary N) is 1. The van der Waals surface area contributed by atoms with E-state index in [-0.39, 0.29) is 40.8 Å². The topological polar surface area (TPSA) is 102 Å². The first-order valence-corrected chi connectivity index (χ1v) is 5.00. The first kappa shape index (κ1) is 12.4. The van der Waals surface area contributed by atoms with Crippen molar-refractivity contribution in [3.63, 3.8) is 0 Å². The van der Waals surface area contributed by atoms with Gasteiger partial charge in [0.25, 0.3) is 0 Å². The van der Waals surface area contributed by atoms with Crippen molar-refractivity contribution in [2.24, 2.45) is 5.73 Å². The van der Waals surface area contributed by atoms with Crippen molar-refractivity contribution < 1.29 is 22.0 Å². The molecule has 1 aliphatic rings. The Bertz CT molecular complexity index is 302. The molecule has 3 amide bonds. The van der Waals surface area contributed by atoms with Gasteiger partial charge in [0.2, 0.25) is 17.7 Å². The summed E-state index contributed by atoms with van der Waals surface area (Å²) in [5, 5.41) is 2.51. The lowest BCUT2D eigenvalue weighted by molar-refractivity contribution is -0.145. The summed E-state index contributed by atoms with van der Waals surface area (Å²) in [6, 6.07) is 0. The Labute approximate surface area is 95.9 Å². The molecule has 0 unspecified atom stereocenters. The fourth-order valence-corrected chi connectivity index (χ4v) is 1.27. The van der Waals surface area contributed by atoms with Crippen molar-refractivity contribution in [3.05, 3.63) is 0 Å². The number of primary amides is 1. The van der Waals surface area contributed by atoms with Crippen molar-refractivity contribution in [2.75, 3.05) is 32.8 Å². The van der Waals surface area contributed by atoms with Gasteiger partial charge >= 0.3 is 0 Å². The summed E-state index contributed by atoms with van der Waals surface area (Å²) in [5.41, 5.74) is 4.91. The summed E-state index contributed by atoms with van der Waals surface area (Å²) < 4.78 is 4.92. The van der Waals surface area contributed by atoms with Gasteiger partial charge in [-0.25, -0.2) is 0 Å². The summed E-state index contributed by atoms with van der Waals surface area (Å²) in [6.45, 7) is 1.09. The van der Waals surface area contributed by atoms with Gasteiger partial charge < -0.3 is 20.7 Å². The van der Waals surface area contributed by atoms with E-state index in [9.17, 15) is 14.4 Å². The third kappa shape index (κ3) is 4.26. The second kappa shape index (κ2) is 6.06. The molecule has 0 radical (unpaired) electrons. The number of carbonyl (C=O) groups is 3. The third-order valence-electron chi connectivity index (χ3n) is 2.11. The molecule has 1 aliphatic heterocycles. The summed E-state index contributed by atoms with van der Waals surface area (Å²) in [5.74, 6) is -0.962. The number of hydrogen-bond donors (Lipinski definition) is 2. The summed E-state index contributed by atoms with van der Waals surface area (Å²) in [7, 11) is 0. The number of nitrogens with zero attached hydrogens (tertiary/aromatic N) is 1. The summed E-state index contributed by atoms with van der Waals surface area (Å²) >= 11 is 0. The van der Waals surface area contributed by atoms with Gasteiger partial charge in [-0.1, -0.05) is 0 Å². The predicted molar refractivity (Wildman–Crippen MR) is 58.4 cm³/mol. The van der Waals surface area contributed by atoms with Crippen LogP contribution in [0.25, 0.3) is 0 Å². The van der Waals surface area contributed by atoms with Crippen molar-refractivity contribution in [2.45, 2.75) is 6.42 Å². The van der Waals surface area contributed by atoms with Crippen LogP contribution in [0, 0.1) is 0 Å². The molecule has 0 saturated carbocycles. The second-order valence-electron chi connectivity index (χ2n) is 3.43. The van der Waals surface area contributed by atoms with E-state index >= 15 is 0 Å². The quantitative estimate of drug-likeness (QED) is 0.592. The number of rotatable bonds is 5. The van der Waals surface area contributed by atoms with E-state index in [1.54, 1.807) is 0 Å². The second-order valence-corrected chi connectivity index (χ2v) is 3.43. The zero-order valence-electron chi connectivity index (χ0n) is 8.90. The fraction of sp³-hybridized carbons (Fsp3) is 0.667. The van der Waals surface area contributed by atoms with Crippen LogP contribution >= 0.6 is 0 Å². The highest BCUT2D eigenvalue weighted by atomic mass is 16.5. The molecule has 16 heavy (non-hydrogen) atoms. The van der Waals surface area contributed by atoms with Crippen LogP contribution in [-0.4, -0.2) is 55.5 Å². The normalized spacial score (nSPS) is 16.0. The van der Waals surface area contributed by atoms with Gasteiger partial charge in [-0.05, 0) is 0 Å². The van der Waals surface area contributed by atoms with Crippen LogP contribution in [0.3, 0.4) is 0 Å². The molecule has 1 fully saturated rings. The smallest absolute Gasteiger partial charge is 0.249 e. The Morgan fingerprint density at radius 2 is 2.31 bits per heavy atom. The molecule has 0 atom stereocenters. The average Bonchev–Trinajstić information content (AvgIpc) is 2.21. The summed E-state index contributed by atoms with van der Waals surface area (Å²) in [6.07, 6.45) is 0.1000. The van der Waals surface area contributed by atoms with Crippen LogP contribution in [0.2, 0.25) is 0 Å². The van der Waals surface area contributed by atoms with Crippen molar-refractivity contribution in [1.82, 2.24) is 10.2 Å². The molecule has 1 heterocycles. The Balaban J connectivity index is 0. The number of ether oxygens (including phenoxy) is 1. The number of nitrogens with two attached hydrogens (primary N) is 1. The van der Waals surface area contributed by atoms with Gasteiger partial charge in [-0.2, -0.15) is 0 Å². The molecule has 0 aromatic carbocycles. The highest BCUT2D eigenvalue weighted by Crippen LogP contribution is 1.97. The molecule has 7 heteroatoms. The maximum atomic E-state index is 11.3. The molecule has 94 valence electrons. The van der Waals surface area contributed by atoms with E-state index in [1.807, 2.05) is 0 Å².